The maximum absolute atomic E-state index is 13.1. The van der Waals surface area contributed by atoms with Crippen molar-refractivity contribution in [1.82, 2.24) is 9.97 Å². The van der Waals surface area contributed by atoms with E-state index in [9.17, 15) is 23.1 Å². The monoisotopic (exact) mass is 526 g/mol. The van der Waals surface area contributed by atoms with Crippen molar-refractivity contribution in [2.24, 2.45) is 5.92 Å². The molecule has 200 valence electrons. The lowest BCUT2D eigenvalue weighted by atomic mass is 9.77. The van der Waals surface area contributed by atoms with Gasteiger partial charge in [-0.2, -0.15) is 13.2 Å². The Kier molecular flexibility index (Phi) is 6.65. The number of benzene rings is 1. The van der Waals surface area contributed by atoms with Gasteiger partial charge in [0.25, 0.3) is 5.91 Å². The fourth-order valence-corrected chi connectivity index (χ4v) is 5.29. The summed E-state index contributed by atoms with van der Waals surface area (Å²) in [6.07, 6.45) is -0.694. The van der Waals surface area contributed by atoms with Crippen molar-refractivity contribution in [3.05, 3.63) is 71.3 Å². The molecule has 3 aromatic rings. The number of anilines is 2. The Morgan fingerprint density at radius 2 is 1.95 bits per heavy atom. The molecule has 10 heteroatoms. The number of carbonyl (C=O) groups excluding carboxylic acids is 1. The van der Waals surface area contributed by atoms with Gasteiger partial charge in [-0.3, -0.25) is 14.8 Å². The summed E-state index contributed by atoms with van der Waals surface area (Å²) in [5.74, 6) is -0.698. The molecular weight excluding hydrogens is 497 g/mol. The fourth-order valence-electron chi connectivity index (χ4n) is 5.29. The number of nitrogens with zero attached hydrogens (tertiary/aromatic N) is 3. The molecule has 0 radical (unpaired) electrons. The first kappa shape index (κ1) is 26.1. The third-order valence-corrected chi connectivity index (χ3v) is 7.32. The van der Waals surface area contributed by atoms with E-state index in [0.717, 1.165) is 34.6 Å². The highest BCUT2D eigenvalue weighted by molar-refractivity contribution is 6.04. The molecule has 2 N–H and O–H groups in total. The number of halogens is 3. The van der Waals surface area contributed by atoms with Crippen LogP contribution in [-0.4, -0.2) is 52.4 Å². The third kappa shape index (κ3) is 5.10. The second-order valence-corrected chi connectivity index (χ2v) is 10.4. The molecule has 7 nitrogen and oxygen atoms in total. The van der Waals surface area contributed by atoms with Gasteiger partial charge in [0.2, 0.25) is 0 Å². The molecule has 2 aliphatic rings. The maximum atomic E-state index is 13.1. The number of hydrogen-bond donors (Lipinski definition) is 2. The number of morpholine rings is 1. The maximum Gasteiger partial charge on any atom is 0.416 e. The predicted molar refractivity (Wildman–Crippen MR) is 137 cm³/mol. The molecule has 0 aliphatic carbocycles. The molecule has 0 spiro atoms. The Morgan fingerprint density at radius 3 is 2.68 bits per heavy atom. The van der Waals surface area contributed by atoms with Crippen molar-refractivity contribution in [3.8, 4) is 11.1 Å². The summed E-state index contributed by atoms with van der Waals surface area (Å²) in [5.41, 5.74) is 2.62. The van der Waals surface area contributed by atoms with E-state index in [1.54, 1.807) is 12.3 Å². The van der Waals surface area contributed by atoms with E-state index in [1.165, 1.54) is 18.3 Å². The molecule has 38 heavy (non-hydrogen) atoms. The van der Waals surface area contributed by atoms with Crippen molar-refractivity contribution in [2.75, 3.05) is 30.0 Å². The SMILES string of the molecule is Cc1ncc(NC(=O)c2cccc(C(F)(F)F)c2)cc1-c1cnc2c(c1)N1CCOC[C@@H]1[C@@H](C(C)(C)O)C2. The van der Waals surface area contributed by atoms with Gasteiger partial charge in [-0.25, -0.2) is 0 Å². The highest BCUT2D eigenvalue weighted by Gasteiger charge is 2.43. The molecule has 4 heterocycles. The van der Waals surface area contributed by atoms with E-state index < -0.39 is 23.2 Å². The molecule has 2 atom stereocenters. The van der Waals surface area contributed by atoms with Gasteiger partial charge in [-0.1, -0.05) is 6.07 Å². The molecule has 1 fully saturated rings. The lowest BCUT2D eigenvalue weighted by Crippen LogP contribution is -2.58. The molecule has 0 unspecified atom stereocenters. The van der Waals surface area contributed by atoms with E-state index in [1.807, 2.05) is 26.8 Å². The molecule has 5 rings (SSSR count). The smallest absolute Gasteiger partial charge is 0.390 e. The van der Waals surface area contributed by atoms with Gasteiger partial charge < -0.3 is 20.1 Å². The quantitative estimate of drug-likeness (QED) is 0.505. The van der Waals surface area contributed by atoms with Gasteiger partial charge in [0.1, 0.15) is 0 Å². The second kappa shape index (κ2) is 9.67. The molecule has 1 saturated heterocycles. The molecular formula is C28H29F3N4O3. The second-order valence-electron chi connectivity index (χ2n) is 10.4. The zero-order valence-electron chi connectivity index (χ0n) is 21.3. The standard InChI is InChI=1S/C28H29F3N4O3/c1-16-21(11-20(14-32-16)34-26(36)17-5-4-6-19(9-17)28(29,30)31)18-10-24-23(33-13-18)12-22(27(2,3)37)25-15-38-8-7-35(24)25/h4-6,9-11,13-14,22,25,37H,7-8,12,15H2,1-3H3,(H,34,36)/t22-,25+/m0/s1. The summed E-state index contributed by atoms with van der Waals surface area (Å²) in [4.78, 5) is 24.1. The van der Waals surface area contributed by atoms with E-state index >= 15 is 0 Å². The summed E-state index contributed by atoms with van der Waals surface area (Å²) in [7, 11) is 0. The average molecular weight is 527 g/mol. The molecule has 2 aromatic heterocycles. The lowest BCUT2D eigenvalue weighted by molar-refractivity contribution is -0.137. The molecule has 1 aromatic carbocycles. The van der Waals surface area contributed by atoms with E-state index in [4.69, 9.17) is 9.72 Å². The molecule has 0 bridgehead atoms. The van der Waals surface area contributed by atoms with Crippen molar-refractivity contribution in [3.63, 3.8) is 0 Å². The molecule has 2 aliphatic heterocycles. The first-order valence-electron chi connectivity index (χ1n) is 12.4. The summed E-state index contributed by atoms with van der Waals surface area (Å²) in [6, 6.07) is 8.10. The number of amides is 1. The number of pyridine rings is 2. The number of nitrogens with one attached hydrogen (secondary N) is 1. The van der Waals surface area contributed by atoms with Crippen molar-refractivity contribution < 1.29 is 27.8 Å². The van der Waals surface area contributed by atoms with Crippen molar-refractivity contribution >= 4 is 17.3 Å². The largest absolute Gasteiger partial charge is 0.416 e. The van der Waals surface area contributed by atoms with Crippen LogP contribution >= 0.6 is 0 Å². The van der Waals surface area contributed by atoms with Crippen molar-refractivity contribution in [2.45, 2.75) is 45.0 Å². The zero-order chi connectivity index (χ0) is 27.2. The normalized spacial score (nSPS) is 19.5. The van der Waals surface area contributed by atoms with Gasteiger partial charge in [0.15, 0.2) is 0 Å². The summed E-state index contributed by atoms with van der Waals surface area (Å²) < 4.78 is 45.0. The number of aliphatic hydroxyl groups is 1. The fraction of sp³-hybridized carbons (Fsp3) is 0.393. The Bertz CT molecular complexity index is 1370. The van der Waals surface area contributed by atoms with Crippen molar-refractivity contribution in [1.29, 1.82) is 0 Å². The van der Waals surface area contributed by atoms with Crippen LogP contribution in [0.15, 0.2) is 48.8 Å². The number of alkyl halides is 3. The topological polar surface area (TPSA) is 87.6 Å². The zero-order valence-corrected chi connectivity index (χ0v) is 21.3. The minimum absolute atomic E-state index is 0.0191. The summed E-state index contributed by atoms with van der Waals surface area (Å²) in [5, 5.41) is 13.5. The number of carbonyl (C=O) groups is 1. The van der Waals surface area contributed by atoms with Crippen LogP contribution < -0.4 is 10.2 Å². The number of aryl methyl sites for hydroxylation is 1. The van der Waals surface area contributed by atoms with Gasteiger partial charge in [0.05, 0.1) is 53.7 Å². The van der Waals surface area contributed by atoms with E-state index in [2.05, 4.69) is 15.2 Å². The first-order chi connectivity index (χ1) is 17.9. The summed E-state index contributed by atoms with van der Waals surface area (Å²) in [6.45, 7) is 7.26. The Balaban J connectivity index is 1.44. The van der Waals surface area contributed by atoms with Gasteiger partial charge in [0, 0.05) is 41.0 Å². The van der Waals surface area contributed by atoms with Crippen LogP contribution in [0.5, 0.6) is 0 Å². The number of rotatable bonds is 4. The van der Waals surface area contributed by atoms with Gasteiger partial charge in [-0.15, -0.1) is 0 Å². The molecule has 1 amide bonds. The van der Waals surface area contributed by atoms with E-state index in [0.29, 0.717) is 37.6 Å². The van der Waals surface area contributed by atoms with Crippen LogP contribution in [0.2, 0.25) is 0 Å². The lowest BCUT2D eigenvalue weighted by Gasteiger charge is -2.49. The Morgan fingerprint density at radius 1 is 1.16 bits per heavy atom. The average Bonchev–Trinajstić information content (AvgIpc) is 2.88. The Labute approximate surface area is 218 Å². The van der Waals surface area contributed by atoms with Gasteiger partial charge >= 0.3 is 6.18 Å². The number of hydrogen-bond acceptors (Lipinski definition) is 6. The van der Waals surface area contributed by atoms with Crippen LogP contribution in [0, 0.1) is 12.8 Å². The van der Waals surface area contributed by atoms with Crippen LogP contribution in [-0.2, 0) is 17.3 Å². The number of fused-ring (bicyclic) bond motifs is 3. The molecule has 0 saturated carbocycles. The highest BCUT2D eigenvalue weighted by atomic mass is 19.4. The number of aromatic nitrogens is 2. The third-order valence-electron chi connectivity index (χ3n) is 7.32. The minimum atomic E-state index is -4.54. The summed E-state index contributed by atoms with van der Waals surface area (Å²) >= 11 is 0. The number of ether oxygens (including phenoxy) is 1. The first-order valence-corrected chi connectivity index (χ1v) is 12.4. The highest BCUT2D eigenvalue weighted by Crippen LogP contribution is 2.41. The Hall–Kier alpha value is -3.50. The van der Waals surface area contributed by atoms with Crippen LogP contribution in [0.4, 0.5) is 24.5 Å². The van der Waals surface area contributed by atoms with E-state index in [-0.39, 0.29) is 17.5 Å². The predicted octanol–water partition coefficient (Wildman–Crippen LogP) is 4.87. The van der Waals surface area contributed by atoms with Gasteiger partial charge in [-0.05, 0) is 57.5 Å². The van der Waals surface area contributed by atoms with Crippen LogP contribution in [0.1, 0.15) is 41.2 Å². The van der Waals surface area contributed by atoms with Crippen LogP contribution in [0.25, 0.3) is 11.1 Å². The minimum Gasteiger partial charge on any atom is -0.390 e. The van der Waals surface area contributed by atoms with Crippen LogP contribution in [0.3, 0.4) is 0 Å².